The van der Waals surface area contributed by atoms with Crippen LogP contribution in [0.5, 0.6) is 17.2 Å². The van der Waals surface area contributed by atoms with Crippen molar-refractivity contribution in [1.29, 1.82) is 0 Å². The fourth-order valence-electron chi connectivity index (χ4n) is 1.90. The van der Waals surface area contributed by atoms with Crippen molar-refractivity contribution in [2.45, 2.75) is 18.7 Å². The first-order valence-corrected chi connectivity index (χ1v) is 6.44. The van der Waals surface area contributed by atoms with Crippen molar-refractivity contribution in [3.8, 4) is 17.2 Å². The molecular formula is C14H17F3O6. The molecule has 0 aliphatic heterocycles. The maximum absolute atomic E-state index is 13.2. The normalized spacial score (nSPS) is 12.6. The van der Waals surface area contributed by atoms with Gasteiger partial charge in [0.1, 0.15) is 0 Å². The summed E-state index contributed by atoms with van der Waals surface area (Å²) in [6.07, 6.45) is -7.59. The number of carboxylic acids is 1. The van der Waals surface area contributed by atoms with Gasteiger partial charge in [-0.05, 0) is 17.7 Å². The molecule has 0 radical (unpaired) electrons. The van der Waals surface area contributed by atoms with Crippen molar-refractivity contribution in [1.82, 2.24) is 0 Å². The van der Waals surface area contributed by atoms with E-state index in [0.29, 0.717) is 0 Å². The van der Waals surface area contributed by atoms with Gasteiger partial charge in [0.15, 0.2) is 17.6 Å². The summed E-state index contributed by atoms with van der Waals surface area (Å²) in [7, 11) is 3.87. The van der Waals surface area contributed by atoms with E-state index >= 15 is 0 Å². The number of carboxylic acid groups (broad SMARTS) is 1. The van der Waals surface area contributed by atoms with Crippen LogP contribution in [0.25, 0.3) is 0 Å². The topological polar surface area (TPSA) is 74.2 Å². The Bertz CT molecular complexity index is 519. The summed E-state index contributed by atoms with van der Waals surface area (Å²) in [6, 6.07) is 2.22. The number of ether oxygens (including phenoxy) is 4. The van der Waals surface area contributed by atoms with Gasteiger partial charge < -0.3 is 24.1 Å². The number of alkyl halides is 3. The zero-order valence-corrected chi connectivity index (χ0v) is 12.8. The molecule has 0 aliphatic carbocycles. The van der Waals surface area contributed by atoms with E-state index in [-0.39, 0.29) is 22.8 Å². The minimum atomic E-state index is -4.73. The van der Waals surface area contributed by atoms with Gasteiger partial charge in [-0.2, -0.15) is 13.2 Å². The highest BCUT2D eigenvalue weighted by atomic mass is 19.4. The predicted molar refractivity (Wildman–Crippen MR) is 73.1 cm³/mol. The molecule has 130 valence electrons. The summed E-state index contributed by atoms with van der Waals surface area (Å²) in [5, 5.41) is 8.51. The van der Waals surface area contributed by atoms with E-state index in [1.54, 1.807) is 0 Å². The zero-order chi connectivity index (χ0) is 17.6. The van der Waals surface area contributed by atoms with Crippen LogP contribution >= 0.6 is 0 Å². The molecule has 1 atom stereocenters. The van der Waals surface area contributed by atoms with Crippen LogP contribution in [0.15, 0.2) is 12.1 Å². The highest BCUT2D eigenvalue weighted by Gasteiger charge is 2.42. The zero-order valence-electron chi connectivity index (χ0n) is 12.8. The molecule has 0 saturated carbocycles. The lowest BCUT2D eigenvalue weighted by molar-refractivity contribution is -0.224. The first kappa shape index (κ1) is 18.9. The fourth-order valence-corrected chi connectivity index (χ4v) is 1.90. The van der Waals surface area contributed by atoms with Crippen molar-refractivity contribution in [3.63, 3.8) is 0 Å². The third-order valence-electron chi connectivity index (χ3n) is 2.89. The maximum Gasteiger partial charge on any atom is 0.418 e. The average Bonchev–Trinajstić information content (AvgIpc) is 2.48. The van der Waals surface area contributed by atoms with Crippen molar-refractivity contribution in [2.24, 2.45) is 0 Å². The molecule has 0 saturated heterocycles. The number of rotatable bonds is 8. The molecule has 1 aromatic rings. The highest BCUT2D eigenvalue weighted by molar-refractivity contribution is 5.66. The van der Waals surface area contributed by atoms with E-state index < -0.39 is 31.3 Å². The van der Waals surface area contributed by atoms with Crippen LogP contribution in [0.4, 0.5) is 13.2 Å². The second-order valence-electron chi connectivity index (χ2n) is 4.39. The van der Waals surface area contributed by atoms with E-state index in [2.05, 4.69) is 0 Å². The summed E-state index contributed by atoms with van der Waals surface area (Å²) in [4.78, 5) is 10.4. The van der Waals surface area contributed by atoms with Gasteiger partial charge in [0.2, 0.25) is 5.75 Å². The van der Waals surface area contributed by atoms with Crippen LogP contribution in [0.1, 0.15) is 18.1 Å². The van der Waals surface area contributed by atoms with E-state index in [4.69, 9.17) is 24.1 Å². The first-order valence-electron chi connectivity index (χ1n) is 6.44. The van der Waals surface area contributed by atoms with Crippen molar-refractivity contribution < 1.29 is 42.0 Å². The quantitative estimate of drug-likeness (QED) is 0.786. The monoisotopic (exact) mass is 338 g/mol. The first-order chi connectivity index (χ1) is 10.7. The molecule has 0 fully saturated rings. The molecule has 6 nitrogen and oxygen atoms in total. The summed E-state index contributed by atoms with van der Waals surface area (Å²) in [6.45, 7) is -0.587. The van der Waals surface area contributed by atoms with Gasteiger partial charge in [-0.1, -0.05) is 0 Å². The molecule has 1 N–H and O–H groups in total. The molecule has 0 heterocycles. The Kier molecular flexibility index (Phi) is 6.49. The van der Waals surface area contributed by atoms with Gasteiger partial charge in [0.05, 0.1) is 34.4 Å². The van der Waals surface area contributed by atoms with Crippen LogP contribution in [0.3, 0.4) is 0 Å². The van der Waals surface area contributed by atoms with Crippen LogP contribution in [-0.4, -0.2) is 45.2 Å². The molecule has 0 bridgehead atoms. The van der Waals surface area contributed by atoms with Crippen LogP contribution < -0.4 is 14.2 Å². The lowest BCUT2D eigenvalue weighted by Gasteiger charge is -2.23. The Morgan fingerprint density at radius 1 is 1.13 bits per heavy atom. The Morgan fingerprint density at radius 2 is 1.65 bits per heavy atom. The third-order valence-corrected chi connectivity index (χ3v) is 2.89. The van der Waals surface area contributed by atoms with E-state index in [1.807, 2.05) is 0 Å². The van der Waals surface area contributed by atoms with Gasteiger partial charge >= 0.3 is 12.1 Å². The summed E-state index contributed by atoms with van der Waals surface area (Å²) >= 11 is 0. The molecule has 0 aromatic heterocycles. The molecular weight excluding hydrogens is 321 g/mol. The maximum atomic E-state index is 13.2. The minimum absolute atomic E-state index is 0.0398. The molecule has 1 rings (SSSR count). The van der Waals surface area contributed by atoms with Crippen molar-refractivity contribution in [2.75, 3.05) is 27.9 Å². The molecule has 0 unspecified atom stereocenters. The minimum Gasteiger partial charge on any atom is -0.493 e. The van der Waals surface area contributed by atoms with Crippen LogP contribution in [0, 0.1) is 0 Å². The van der Waals surface area contributed by atoms with E-state index in [1.165, 1.54) is 21.3 Å². The second kappa shape index (κ2) is 7.91. The number of carbonyl (C=O) groups is 1. The molecule has 23 heavy (non-hydrogen) atoms. The van der Waals surface area contributed by atoms with Gasteiger partial charge in [-0.15, -0.1) is 0 Å². The lowest BCUT2D eigenvalue weighted by atomic mass is 10.1. The van der Waals surface area contributed by atoms with Gasteiger partial charge in [-0.3, -0.25) is 4.79 Å². The summed E-state index contributed by atoms with van der Waals surface area (Å²) in [5.74, 6) is -1.03. The smallest absolute Gasteiger partial charge is 0.418 e. The van der Waals surface area contributed by atoms with Crippen molar-refractivity contribution in [3.05, 3.63) is 17.7 Å². The number of halogens is 3. The number of methoxy groups -OCH3 is 3. The Labute approximate surface area is 130 Å². The largest absolute Gasteiger partial charge is 0.493 e. The lowest BCUT2D eigenvalue weighted by Crippen LogP contribution is -2.24. The van der Waals surface area contributed by atoms with E-state index in [0.717, 1.165) is 12.1 Å². The molecule has 0 amide bonds. The molecule has 0 aliphatic rings. The Morgan fingerprint density at radius 3 is 2.00 bits per heavy atom. The SMILES string of the molecule is COc1cc([C@H](OCCC(=O)O)C(F)(F)F)cc(OC)c1OC. The number of aliphatic carboxylic acids is 1. The highest BCUT2D eigenvalue weighted by Crippen LogP contribution is 2.44. The molecule has 0 spiro atoms. The number of hydrogen-bond acceptors (Lipinski definition) is 5. The Hall–Kier alpha value is -2.16. The summed E-state index contributed by atoms with van der Waals surface area (Å²) in [5.41, 5.74) is -0.280. The van der Waals surface area contributed by atoms with Gasteiger partial charge in [0.25, 0.3) is 0 Å². The standard InChI is InChI=1S/C14H17F3O6/c1-20-9-6-8(7-10(21-2)12(9)22-3)13(14(15,16)17)23-5-4-11(18)19/h6-7,13H,4-5H2,1-3H3,(H,18,19)/t13-/m0/s1. The Balaban J connectivity index is 3.22. The predicted octanol–water partition coefficient (Wildman–Crippen LogP) is 2.81. The fraction of sp³-hybridized carbons (Fsp3) is 0.500. The number of benzene rings is 1. The van der Waals surface area contributed by atoms with Crippen LogP contribution in [-0.2, 0) is 9.53 Å². The average molecular weight is 338 g/mol. The number of hydrogen-bond donors (Lipinski definition) is 1. The van der Waals surface area contributed by atoms with E-state index in [9.17, 15) is 18.0 Å². The van der Waals surface area contributed by atoms with Crippen molar-refractivity contribution >= 4 is 5.97 Å². The van der Waals surface area contributed by atoms with Crippen LogP contribution in [0.2, 0.25) is 0 Å². The molecule has 9 heteroatoms. The summed E-state index contributed by atoms with van der Waals surface area (Å²) < 4.78 is 59.4. The molecule has 1 aromatic carbocycles. The van der Waals surface area contributed by atoms with Gasteiger partial charge in [-0.25, -0.2) is 0 Å². The third kappa shape index (κ3) is 4.92. The second-order valence-corrected chi connectivity index (χ2v) is 4.39. The van der Waals surface area contributed by atoms with Gasteiger partial charge in [0, 0.05) is 0 Å².